The van der Waals surface area contributed by atoms with Crippen molar-refractivity contribution in [2.24, 2.45) is 0 Å². The highest BCUT2D eigenvalue weighted by Crippen LogP contribution is 2.22. The van der Waals surface area contributed by atoms with E-state index < -0.39 is 6.36 Å². The minimum Gasteiger partial charge on any atom is -0.406 e. The van der Waals surface area contributed by atoms with E-state index in [9.17, 15) is 18.0 Å². The lowest BCUT2D eigenvalue weighted by Crippen LogP contribution is -2.13. The molecule has 0 aromatic carbocycles. The number of allylic oxidation sites excluding steroid dienone is 3. The van der Waals surface area contributed by atoms with Crippen molar-refractivity contribution in [3.8, 4) is 0 Å². The molecular formula is C7H5F3O2. The fourth-order valence-electron chi connectivity index (χ4n) is 0.722. The molecule has 0 saturated heterocycles. The predicted octanol–water partition coefficient (Wildman–Crippen LogP) is 1.94. The number of ketones is 1. The summed E-state index contributed by atoms with van der Waals surface area (Å²) in [4.78, 5) is 10.5. The van der Waals surface area contributed by atoms with Crippen LogP contribution in [0, 0.1) is 0 Å². The number of halogens is 3. The fourth-order valence-corrected chi connectivity index (χ4v) is 0.722. The Morgan fingerprint density at radius 2 is 2.00 bits per heavy atom. The number of hydrogen-bond acceptors (Lipinski definition) is 2. The van der Waals surface area contributed by atoms with E-state index in [1.165, 1.54) is 0 Å². The number of carbonyl (C=O) groups is 1. The number of alkyl halides is 3. The Morgan fingerprint density at radius 1 is 1.33 bits per heavy atom. The van der Waals surface area contributed by atoms with E-state index in [-0.39, 0.29) is 18.0 Å². The first-order valence-electron chi connectivity index (χ1n) is 3.14. The van der Waals surface area contributed by atoms with Gasteiger partial charge < -0.3 is 4.74 Å². The summed E-state index contributed by atoms with van der Waals surface area (Å²) in [5, 5.41) is 0. The van der Waals surface area contributed by atoms with Crippen LogP contribution in [0.5, 0.6) is 0 Å². The maximum atomic E-state index is 11.6. The molecule has 0 aromatic rings. The lowest BCUT2D eigenvalue weighted by atomic mass is 10.1. The van der Waals surface area contributed by atoms with Crippen LogP contribution in [0.15, 0.2) is 24.0 Å². The predicted molar refractivity (Wildman–Crippen MR) is 34.0 cm³/mol. The molecule has 0 radical (unpaired) electrons. The Bertz CT molecular complexity index is 250. The molecule has 0 fully saturated rings. The van der Waals surface area contributed by atoms with Gasteiger partial charge in [-0.15, -0.1) is 13.2 Å². The van der Waals surface area contributed by atoms with E-state index in [1.54, 1.807) is 0 Å². The Hall–Kier alpha value is -1.26. The molecule has 5 heteroatoms. The highest BCUT2D eigenvalue weighted by atomic mass is 19.4. The zero-order valence-electron chi connectivity index (χ0n) is 5.89. The summed E-state index contributed by atoms with van der Waals surface area (Å²) in [6, 6.07) is 0. The second kappa shape index (κ2) is 3.00. The highest BCUT2D eigenvalue weighted by Gasteiger charge is 2.31. The summed E-state index contributed by atoms with van der Waals surface area (Å²) in [5.74, 6) is -0.563. The lowest BCUT2D eigenvalue weighted by Gasteiger charge is -2.10. The largest absolute Gasteiger partial charge is 0.573 e. The minimum atomic E-state index is -4.68. The molecule has 0 amide bonds. The monoisotopic (exact) mass is 178 g/mol. The van der Waals surface area contributed by atoms with Gasteiger partial charge in [-0.2, -0.15) is 0 Å². The SMILES string of the molecule is O=C1C=CC(OC(F)(F)F)=CC1. The van der Waals surface area contributed by atoms with Gasteiger partial charge in [-0.05, 0) is 18.2 Å². The van der Waals surface area contributed by atoms with Crippen LogP contribution in [-0.2, 0) is 9.53 Å². The molecule has 2 nitrogen and oxygen atoms in total. The van der Waals surface area contributed by atoms with Crippen LogP contribution in [0.4, 0.5) is 13.2 Å². The summed E-state index contributed by atoms with van der Waals surface area (Å²) in [5.41, 5.74) is 0. The molecular weight excluding hydrogens is 173 g/mol. The first-order valence-corrected chi connectivity index (χ1v) is 3.14. The Balaban J connectivity index is 2.57. The molecule has 0 saturated carbocycles. The number of rotatable bonds is 1. The minimum absolute atomic E-state index is 0.0398. The lowest BCUT2D eigenvalue weighted by molar-refractivity contribution is -0.303. The van der Waals surface area contributed by atoms with Gasteiger partial charge in [-0.25, -0.2) is 0 Å². The fraction of sp³-hybridized carbons (Fsp3) is 0.286. The third-order valence-electron chi connectivity index (χ3n) is 1.17. The van der Waals surface area contributed by atoms with Gasteiger partial charge in [-0.3, -0.25) is 4.79 Å². The molecule has 0 aromatic heterocycles. The van der Waals surface area contributed by atoms with Gasteiger partial charge in [0.25, 0.3) is 0 Å². The van der Waals surface area contributed by atoms with Crippen LogP contribution in [0.1, 0.15) is 6.42 Å². The van der Waals surface area contributed by atoms with E-state index in [0.29, 0.717) is 0 Å². The van der Waals surface area contributed by atoms with Crippen LogP contribution < -0.4 is 0 Å². The first kappa shape index (κ1) is 8.83. The number of ether oxygens (including phenoxy) is 1. The standard InChI is InChI=1S/C7H5F3O2/c8-7(9,10)12-6-3-1-5(11)2-4-6/h1,3-4H,2H2. The average Bonchev–Trinajstić information content (AvgIpc) is 1.91. The first-order chi connectivity index (χ1) is 5.47. The van der Waals surface area contributed by atoms with Gasteiger partial charge in [0.1, 0.15) is 5.76 Å². The van der Waals surface area contributed by atoms with Gasteiger partial charge in [-0.1, -0.05) is 0 Å². The molecule has 0 unspecified atom stereocenters. The quantitative estimate of drug-likeness (QED) is 0.613. The van der Waals surface area contributed by atoms with Crippen molar-refractivity contribution >= 4 is 5.78 Å². The van der Waals surface area contributed by atoms with E-state index in [0.717, 1.165) is 18.2 Å². The molecule has 0 heterocycles. The maximum absolute atomic E-state index is 11.6. The normalized spacial score (nSPS) is 17.6. The number of hydrogen-bond donors (Lipinski definition) is 0. The van der Waals surface area contributed by atoms with Crippen molar-refractivity contribution in [1.82, 2.24) is 0 Å². The zero-order valence-corrected chi connectivity index (χ0v) is 5.89. The Labute approximate surface area is 66.3 Å². The maximum Gasteiger partial charge on any atom is 0.573 e. The summed E-state index contributed by atoms with van der Waals surface area (Å²) >= 11 is 0. The van der Waals surface area contributed by atoms with Crippen LogP contribution in [0.3, 0.4) is 0 Å². The molecule has 66 valence electrons. The summed E-state index contributed by atoms with van der Waals surface area (Å²) in [6.07, 6.45) is -1.57. The van der Waals surface area contributed by atoms with Gasteiger partial charge in [0, 0.05) is 6.42 Å². The molecule has 0 bridgehead atoms. The van der Waals surface area contributed by atoms with Gasteiger partial charge in [0.2, 0.25) is 0 Å². The molecule has 1 aliphatic rings. The summed E-state index contributed by atoms with van der Waals surface area (Å²) in [7, 11) is 0. The van der Waals surface area contributed by atoms with Gasteiger partial charge >= 0.3 is 6.36 Å². The molecule has 0 N–H and O–H groups in total. The highest BCUT2D eigenvalue weighted by molar-refractivity contribution is 5.92. The van der Waals surface area contributed by atoms with Gasteiger partial charge in [0.05, 0.1) is 0 Å². The smallest absolute Gasteiger partial charge is 0.406 e. The topological polar surface area (TPSA) is 26.3 Å². The number of carbonyl (C=O) groups excluding carboxylic acids is 1. The van der Waals surface area contributed by atoms with Crippen molar-refractivity contribution in [3.05, 3.63) is 24.0 Å². The second-order valence-corrected chi connectivity index (χ2v) is 2.16. The average molecular weight is 178 g/mol. The molecule has 12 heavy (non-hydrogen) atoms. The third-order valence-corrected chi connectivity index (χ3v) is 1.17. The van der Waals surface area contributed by atoms with Crippen LogP contribution in [-0.4, -0.2) is 12.1 Å². The van der Waals surface area contributed by atoms with Crippen molar-refractivity contribution in [1.29, 1.82) is 0 Å². The third kappa shape index (κ3) is 2.77. The molecule has 1 aliphatic carbocycles. The van der Waals surface area contributed by atoms with E-state index in [1.807, 2.05) is 0 Å². The molecule has 0 aliphatic heterocycles. The van der Waals surface area contributed by atoms with Crippen LogP contribution in [0.25, 0.3) is 0 Å². The molecule has 0 spiro atoms. The van der Waals surface area contributed by atoms with E-state index >= 15 is 0 Å². The Kier molecular flexibility index (Phi) is 2.21. The van der Waals surface area contributed by atoms with Crippen molar-refractivity contribution < 1.29 is 22.7 Å². The van der Waals surface area contributed by atoms with Gasteiger partial charge in [0.15, 0.2) is 5.78 Å². The van der Waals surface area contributed by atoms with Crippen LogP contribution >= 0.6 is 0 Å². The van der Waals surface area contributed by atoms with Crippen molar-refractivity contribution in [2.45, 2.75) is 12.8 Å². The zero-order chi connectivity index (χ0) is 9.19. The van der Waals surface area contributed by atoms with Crippen molar-refractivity contribution in [2.75, 3.05) is 0 Å². The summed E-state index contributed by atoms with van der Waals surface area (Å²) < 4.78 is 38.2. The summed E-state index contributed by atoms with van der Waals surface area (Å²) in [6.45, 7) is 0. The van der Waals surface area contributed by atoms with E-state index in [4.69, 9.17) is 0 Å². The van der Waals surface area contributed by atoms with E-state index in [2.05, 4.69) is 4.74 Å². The Morgan fingerprint density at radius 3 is 2.42 bits per heavy atom. The second-order valence-electron chi connectivity index (χ2n) is 2.16. The molecule has 1 rings (SSSR count). The van der Waals surface area contributed by atoms with Crippen LogP contribution in [0.2, 0.25) is 0 Å². The molecule has 0 atom stereocenters. The van der Waals surface area contributed by atoms with Crippen molar-refractivity contribution in [3.63, 3.8) is 0 Å².